The fourth-order valence-electron chi connectivity index (χ4n) is 2.87. The Labute approximate surface area is 174 Å². The van der Waals surface area contributed by atoms with Gasteiger partial charge in [-0.15, -0.1) is 0 Å². The average Bonchev–Trinajstić information content (AvgIpc) is 2.66. The monoisotopic (exact) mass is 417 g/mol. The molecule has 0 aliphatic rings. The molecule has 2 N–H and O–H groups in total. The third-order valence-corrected chi connectivity index (χ3v) is 6.60. The van der Waals surface area contributed by atoms with Crippen LogP contribution in [0.4, 0.5) is 10.5 Å². The number of anilines is 1. The second-order valence-electron chi connectivity index (χ2n) is 7.90. The smallest absolute Gasteiger partial charge is 0.319 e. The molecule has 29 heavy (non-hydrogen) atoms. The molecule has 0 heterocycles. The highest BCUT2D eigenvalue weighted by atomic mass is 32.2. The van der Waals surface area contributed by atoms with Gasteiger partial charge < -0.3 is 10.6 Å². The van der Waals surface area contributed by atoms with E-state index in [1.807, 2.05) is 12.1 Å². The summed E-state index contributed by atoms with van der Waals surface area (Å²) in [6.45, 7) is 8.80. The van der Waals surface area contributed by atoms with Crippen molar-refractivity contribution in [2.75, 3.05) is 19.4 Å². The molecule has 0 saturated heterocycles. The number of nitrogens with zero attached hydrogens (tertiary/aromatic N) is 1. The van der Waals surface area contributed by atoms with E-state index in [9.17, 15) is 13.2 Å². The summed E-state index contributed by atoms with van der Waals surface area (Å²) < 4.78 is 25.4. The van der Waals surface area contributed by atoms with Crippen molar-refractivity contribution in [1.82, 2.24) is 9.62 Å². The van der Waals surface area contributed by atoms with E-state index in [1.165, 1.54) is 24.0 Å². The molecule has 0 bridgehead atoms. The number of carbonyl (C=O) groups is 1. The zero-order valence-corrected chi connectivity index (χ0v) is 18.8. The van der Waals surface area contributed by atoms with Gasteiger partial charge in [-0.3, -0.25) is 0 Å². The van der Waals surface area contributed by atoms with Crippen LogP contribution in [-0.4, -0.2) is 32.8 Å². The van der Waals surface area contributed by atoms with E-state index in [2.05, 4.69) is 44.4 Å². The number of amides is 2. The van der Waals surface area contributed by atoms with Gasteiger partial charge in [-0.25, -0.2) is 17.5 Å². The maximum atomic E-state index is 12.4. The Bertz CT molecular complexity index is 950. The fraction of sp³-hybridized carbons (Fsp3) is 0.409. The lowest BCUT2D eigenvalue weighted by molar-refractivity contribution is 0.251. The number of hydrogen-bond acceptors (Lipinski definition) is 3. The third kappa shape index (κ3) is 5.81. The number of urea groups is 1. The van der Waals surface area contributed by atoms with Crippen LogP contribution in [0.3, 0.4) is 0 Å². The van der Waals surface area contributed by atoms with Crippen molar-refractivity contribution in [2.24, 2.45) is 0 Å². The van der Waals surface area contributed by atoms with E-state index in [0.29, 0.717) is 12.5 Å². The zero-order valence-electron chi connectivity index (χ0n) is 18.0. The molecule has 0 aliphatic heterocycles. The maximum absolute atomic E-state index is 12.4. The van der Waals surface area contributed by atoms with Gasteiger partial charge in [0, 0.05) is 26.3 Å². The quantitative estimate of drug-likeness (QED) is 0.696. The van der Waals surface area contributed by atoms with Crippen molar-refractivity contribution < 1.29 is 13.2 Å². The minimum atomic E-state index is -3.45. The molecule has 2 amide bonds. The Morgan fingerprint density at radius 2 is 1.59 bits per heavy atom. The Morgan fingerprint density at radius 3 is 2.10 bits per heavy atom. The first-order valence-electron chi connectivity index (χ1n) is 9.72. The molecule has 2 aromatic rings. The minimum Gasteiger partial charge on any atom is -0.334 e. The molecule has 0 unspecified atom stereocenters. The van der Waals surface area contributed by atoms with Gasteiger partial charge in [-0.2, -0.15) is 0 Å². The Kier molecular flexibility index (Phi) is 7.43. The van der Waals surface area contributed by atoms with Gasteiger partial charge in [-0.1, -0.05) is 52.0 Å². The summed E-state index contributed by atoms with van der Waals surface area (Å²) in [5.41, 5.74) is 3.96. The summed E-state index contributed by atoms with van der Waals surface area (Å²) in [5.74, 6) is 0.713. The topological polar surface area (TPSA) is 78.5 Å². The van der Waals surface area contributed by atoms with Crippen LogP contribution >= 0.6 is 0 Å². The molecule has 158 valence electrons. The average molecular weight is 418 g/mol. The van der Waals surface area contributed by atoms with Crippen LogP contribution in [0.15, 0.2) is 47.4 Å². The second-order valence-corrected chi connectivity index (χ2v) is 10.0. The highest BCUT2D eigenvalue weighted by molar-refractivity contribution is 7.89. The van der Waals surface area contributed by atoms with Gasteiger partial charge in [0.05, 0.1) is 4.90 Å². The van der Waals surface area contributed by atoms with Crippen LogP contribution in [0.25, 0.3) is 0 Å². The largest absolute Gasteiger partial charge is 0.334 e. The molecule has 0 radical (unpaired) electrons. The summed E-state index contributed by atoms with van der Waals surface area (Å²) >= 11 is 0. The summed E-state index contributed by atoms with van der Waals surface area (Å²) in [6.07, 6.45) is 0. The number of carbonyl (C=O) groups excluding carboxylic acids is 1. The first kappa shape index (κ1) is 22.9. The highest BCUT2D eigenvalue weighted by Gasteiger charge is 2.16. The van der Waals surface area contributed by atoms with Crippen LogP contribution in [0.2, 0.25) is 0 Å². The number of nitrogens with one attached hydrogen (secondary N) is 2. The summed E-state index contributed by atoms with van der Waals surface area (Å²) in [6, 6.07) is 12.3. The summed E-state index contributed by atoms with van der Waals surface area (Å²) in [5, 5.41) is 5.75. The predicted octanol–water partition coefficient (Wildman–Crippen LogP) is 4.51. The number of benzene rings is 2. The first-order chi connectivity index (χ1) is 13.5. The van der Waals surface area contributed by atoms with Crippen molar-refractivity contribution in [3.63, 3.8) is 0 Å². The summed E-state index contributed by atoms with van der Waals surface area (Å²) in [7, 11) is -0.466. The fourth-order valence-corrected chi connectivity index (χ4v) is 3.77. The van der Waals surface area contributed by atoms with Gasteiger partial charge in [-0.05, 0) is 46.7 Å². The Balaban J connectivity index is 2.04. The summed E-state index contributed by atoms with van der Waals surface area (Å²) in [4.78, 5) is 12.6. The van der Waals surface area contributed by atoms with Crippen LogP contribution in [0.5, 0.6) is 0 Å². The van der Waals surface area contributed by atoms with Gasteiger partial charge in [0.2, 0.25) is 10.0 Å². The molecule has 6 nitrogen and oxygen atoms in total. The van der Waals surface area contributed by atoms with Crippen LogP contribution < -0.4 is 10.6 Å². The molecule has 0 aromatic heterocycles. The van der Waals surface area contributed by atoms with E-state index in [1.54, 1.807) is 24.3 Å². The van der Waals surface area contributed by atoms with Crippen molar-refractivity contribution in [3.05, 3.63) is 59.2 Å². The lowest BCUT2D eigenvalue weighted by atomic mass is 9.94. The van der Waals surface area contributed by atoms with Gasteiger partial charge >= 0.3 is 6.03 Å². The normalized spacial score (nSPS) is 11.9. The molecule has 0 fully saturated rings. The van der Waals surface area contributed by atoms with E-state index in [-0.39, 0.29) is 16.8 Å². The lowest BCUT2D eigenvalue weighted by Gasteiger charge is -2.17. The van der Waals surface area contributed by atoms with Crippen molar-refractivity contribution >= 4 is 21.7 Å². The van der Waals surface area contributed by atoms with E-state index >= 15 is 0 Å². The third-order valence-electron chi connectivity index (χ3n) is 4.77. The lowest BCUT2D eigenvalue weighted by Crippen LogP contribution is -2.28. The van der Waals surface area contributed by atoms with Gasteiger partial charge in [0.15, 0.2) is 0 Å². The molecule has 2 rings (SSSR count). The number of hydrogen-bond donors (Lipinski definition) is 2. The molecule has 2 aromatic carbocycles. The van der Waals surface area contributed by atoms with Crippen molar-refractivity contribution in [2.45, 2.75) is 51.0 Å². The predicted molar refractivity (Wildman–Crippen MR) is 118 cm³/mol. The molecular formula is C22H31N3O3S. The van der Waals surface area contributed by atoms with Gasteiger partial charge in [0.1, 0.15) is 0 Å². The van der Waals surface area contributed by atoms with Crippen LogP contribution in [0, 0.1) is 0 Å². The second kappa shape index (κ2) is 9.41. The molecular weight excluding hydrogens is 386 g/mol. The molecule has 7 heteroatoms. The van der Waals surface area contributed by atoms with Crippen LogP contribution in [-0.2, 0) is 16.6 Å². The molecule has 0 spiro atoms. The standard InChI is InChI=1S/C22H31N3O3S/c1-15(2)18-9-12-21(20(13-18)16(3)4)24-22(26)23-14-17-7-10-19(11-8-17)29(27,28)25(5)6/h7-13,15-16H,14H2,1-6H3,(H2,23,24,26). The van der Waals surface area contributed by atoms with Crippen molar-refractivity contribution in [3.8, 4) is 0 Å². The molecule has 0 atom stereocenters. The van der Waals surface area contributed by atoms with Crippen LogP contribution in [0.1, 0.15) is 56.2 Å². The zero-order chi connectivity index (χ0) is 21.8. The molecule has 0 saturated carbocycles. The maximum Gasteiger partial charge on any atom is 0.319 e. The number of rotatable bonds is 7. The molecule has 0 aliphatic carbocycles. The van der Waals surface area contributed by atoms with E-state index in [0.717, 1.165) is 16.8 Å². The van der Waals surface area contributed by atoms with E-state index < -0.39 is 10.0 Å². The minimum absolute atomic E-state index is 0.225. The SMILES string of the molecule is CC(C)c1ccc(NC(=O)NCc2ccc(S(=O)(=O)N(C)C)cc2)c(C(C)C)c1. The van der Waals surface area contributed by atoms with E-state index in [4.69, 9.17) is 0 Å². The Morgan fingerprint density at radius 1 is 0.966 bits per heavy atom. The highest BCUT2D eigenvalue weighted by Crippen LogP contribution is 2.28. The van der Waals surface area contributed by atoms with Crippen molar-refractivity contribution in [1.29, 1.82) is 0 Å². The Hall–Kier alpha value is -2.38. The number of sulfonamides is 1. The van der Waals surface area contributed by atoms with Gasteiger partial charge in [0.25, 0.3) is 0 Å². The first-order valence-corrected chi connectivity index (χ1v) is 11.2.